The van der Waals surface area contributed by atoms with E-state index in [1.807, 2.05) is 43.3 Å². The minimum Gasteiger partial charge on any atom is -0.438 e. The van der Waals surface area contributed by atoms with E-state index in [9.17, 15) is 0 Å². The average molecular weight is 425 g/mol. The Morgan fingerprint density at radius 3 is 2.21 bits per heavy atom. The molecule has 0 bridgehead atoms. The second kappa shape index (κ2) is 6.78. The maximum absolute atomic E-state index is 6.15. The van der Waals surface area contributed by atoms with Crippen molar-refractivity contribution < 1.29 is 4.42 Å². The molecule has 0 saturated heterocycles. The number of aromatic nitrogens is 3. The minimum absolute atomic E-state index is 0.672. The first kappa shape index (κ1) is 18.2. The van der Waals surface area contributed by atoms with Crippen LogP contribution in [-0.2, 0) is 0 Å². The first-order valence-corrected chi connectivity index (χ1v) is 11.0. The van der Waals surface area contributed by atoms with Gasteiger partial charge in [0.15, 0.2) is 0 Å². The van der Waals surface area contributed by atoms with Crippen LogP contribution in [0.3, 0.4) is 0 Å². The van der Waals surface area contributed by atoms with Gasteiger partial charge in [0.2, 0.25) is 5.71 Å². The number of hydrogen-bond acceptors (Lipinski definition) is 3. The molecule has 0 fully saturated rings. The number of furan rings is 1. The smallest absolute Gasteiger partial charge is 0.228 e. The van der Waals surface area contributed by atoms with Crippen molar-refractivity contribution in [2.75, 3.05) is 0 Å². The molecule has 0 spiro atoms. The lowest BCUT2D eigenvalue weighted by Gasteiger charge is -2.11. The Morgan fingerprint density at radius 2 is 1.36 bits per heavy atom. The van der Waals surface area contributed by atoms with E-state index < -0.39 is 0 Å². The molecule has 4 nitrogen and oxygen atoms in total. The van der Waals surface area contributed by atoms with Gasteiger partial charge in [-0.2, -0.15) is 0 Å². The Balaban J connectivity index is 1.50. The van der Waals surface area contributed by atoms with Crippen molar-refractivity contribution in [3.05, 3.63) is 103 Å². The maximum Gasteiger partial charge on any atom is 0.228 e. The molecule has 156 valence electrons. The molecule has 33 heavy (non-hydrogen) atoms. The molecule has 3 heterocycles. The third kappa shape index (κ3) is 2.64. The number of benzene rings is 4. The van der Waals surface area contributed by atoms with Gasteiger partial charge < -0.3 is 4.42 Å². The first-order valence-electron chi connectivity index (χ1n) is 11.0. The largest absolute Gasteiger partial charge is 0.438 e. The normalized spacial score (nSPS) is 11.8. The topological polar surface area (TPSA) is 43.9 Å². The fourth-order valence-corrected chi connectivity index (χ4v) is 4.93. The van der Waals surface area contributed by atoms with Gasteiger partial charge in [-0.15, -0.1) is 0 Å². The summed E-state index contributed by atoms with van der Waals surface area (Å²) in [5.74, 6) is 0.974. The van der Waals surface area contributed by atoms with Crippen molar-refractivity contribution in [1.82, 2.24) is 14.5 Å². The molecule has 3 aromatic heterocycles. The SMILES string of the molecule is Cc1nc2ccccc2n1-c1ccc(-c2c3ccccc3nc3oc4ccccc4c23)cc1. The zero-order chi connectivity index (χ0) is 21.9. The highest BCUT2D eigenvalue weighted by Gasteiger charge is 2.18. The van der Waals surface area contributed by atoms with E-state index in [1.165, 1.54) is 0 Å². The molecule has 4 aromatic carbocycles. The zero-order valence-electron chi connectivity index (χ0n) is 18.0. The molecule has 0 aliphatic rings. The summed E-state index contributed by atoms with van der Waals surface area (Å²) in [6.07, 6.45) is 0. The summed E-state index contributed by atoms with van der Waals surface area (Å²) in [5.41, 5.74) is 7.96. The lowest BCUT2D eigenvalue weighted by molar-refractivity contribution is 0.656. The monoisotopic (exact) mass is 425 g/mol. The fraction of sp³-hybridized carbons (Fsp3) is 0.0345. The van der Waals surface area contributed by atoms with Crippen LogP contribution in [0.15, 0.2) is 101 Å². The minimum atomic E-state index is 0.672. The molecule has 4 heteroatoms. The molecule has 0 atom stereocenters. The van der Waals surface area contributed by atoms with Crippen molar-refractivity contribution in [2.45, 2.75) is 6.92 Å². The zero-order valence-corrected chi connectivity index (χ0v) is 18.0. The quantitative estimate of drug-likeness (QED) is 0.289. The average Bonchev–Trinajstić information content (AvgIpc) is 3.39. The van der Waals surface area contributed by atoms with E-state index in [4.69, 9.17) is 14.4 Å². The van der Waals surface area contributed by atoms with Gasteiger partial charge in [0, 0.05) is 22.0 Å². The van der Waals surface area contributed by atoms with Crippen LogP contribution in [0, 0.1) is 6.92 Å². The van der Waals surface area contributed by atoms with E-state index in [-0.39, 0.29) is 0 Å². The van der Waals surface area contributed by atoms with Crippen LogP contribution in [0.25, 0.3) is 60.8 Å². The van der Waals surface area contributed by atoms with Gasteiger partial charge in [0.25, 0.3) is 0 Å². The number of fused-ring (bicyclic) bond motifs is 5. The Hall–Kier alpha value is -4.44. The van der Waals surface area contributed by atoms with Gasteiger partial charge in [-0.05, 0) is 48.9 Å². The molecule has 0 N–H and O–H groups in total. The Bertz CT molecular complexity index is 1820. The van der Waals surface area contributed by atoms with Crippen molar-refractivity contribution in [2.24, 2.45) is 0 Å². The van der Waals surface area contributed by atoms with E-state index in [1.54, 1.807) is 0 Å². The molecule has 7 aromatic rings. The van der Waals surface area contributed by atoms with E-state index in [2.05, 4.69) is 65.2 Å². The maximum atomic E-state index is 6.15. The first-order chi connectivity index (χ1) is 16.3. The number of nitrogens with zero attached hydrogens (tertiary/aromatic N) is 3. The predicted molar refractivity (Wildman–Crippen MR) is 134 cm³/mol. The summed E-state index contributed by atoms with van der Waals surface area (Å²) in [7, 11) is 0. The standard InChI is InChI=1S/C29H19N3O/c1-18-30-24-11-5-6-12-25(24)32(18)20-16-14-19(15-17-20)27-21-8-2-4-10-23(21)31-29-28(27)22-9-3-7-13-26(22)33-29/h2-17H,1H3. The van der Waals surface area contributed by atoms with Gasteiger partial charge in [-0.3, -0.25) is 4.57 Å². The van der Waals surface area contributed by atoms with E-state index in [0.717, 1.165) is 60.9 Å². The molecule has 0 saturated carbocycles. The third-order valence-corrected chi connectivity index (χ3v) is 6.36. The number of rotatable bonds is 2. The van der Waals surface area contributed by atoms with Gasteiger partial charge in [0.1, 0.15) is 11.4 Å². The van der Waals surface area contributed by atoms with Gasteiger partial charge in [-0.1, -0.05) is 60.7 Å². The summed E-state index contributed by atoms with van der Waals surface area (Å²) < 4.78 is 8.35. The van der Waals surface area contributed by atoms with Crippen molar-refractivity contribution in [3.63, 3.8) is 0 Å². The van der Waals surface area contributed by atoms with Crippen LogP contribution in [0.1, 0.15) is 5.82 Å². The van der Waals surface area contributed by atoms with Crippen LogP contribution in [-0.4, -0.2) is 14.5 Å². The number of para-hydroxylation sites is 4. The molecule has 0 unspecified atom stereocenters. The summed E-state index contributed by atoms with van der Waals surface area (Å²) >= 11 is 0. The lowest BCUT2D eigenvalue weighted by Crippen LogP contribution is -1.96. The highest BCUT2D eigenvalue weighted by molar-refractivity contribution is 6.18. The second-order valence-electron chi connectivity index (χ2n) is 8.31. The molecule has 0 aliphatic heterocycles. The molecule has 0 aliphatic carbocycles. The second-order valence-corrected chi connectivity index (χ2v) is 8.31. The van der Waals surface area contributed by atoms with Crippen LogP contribution in [0.2, 0.25) is 0 Å². The predicted octanol–water partition coefficient (Wildman–Crippen LogP) is 7.45. The van der Waals surface area contributed by atoms with Gasteiger partial charge in [0.05, 0.1) is 21.9 Å². The van der Waals surface area contributed by atoms with Crippen molar-refractivity contribution in [1.29, 1.82) is 0 Å². The van der Waals surface area contributed by atoms with Gasteiger partial charge >= 0.3 is 0 Å². The summed E-state index contributed by atoms with van der Waals surface area (Å²) in [5, 5.41) is 3.26. The van der Waals surface area contributed by atoms with Crippen LogP contribution < -0.4 is 0 Å². The molecule has 0 amide bonds. The van der Waals surface area contributed by atoms with E-state index >= 15 is 0 Å². The van der Waals surface area contributed by atoms with E-state index in [0.29, 0.717) is 5.71 Å². The highest BCUT2D eigenvalue weighted by Crippen LogP contribution is 2.40. The van der Waals surface area contributed by atoms with Gasteiger partial charge in [-0.25, -0.2) is 9.97 Å². The number of hydrogen-bond donors (Lipinski definition) is 0. The molecular weight excluding hydrogens is 406 g/mol. The number of imidazole rings is 1. The Morgan fingerprint density at radius 1 is 0.667 bits per heavy atom. The molecule has 0 radical (unpaired) electrons. The number of pyridine rings is 1. The highest BCUT2D eigenvalue weighted by atomic mass is 16.3. The summed E-state index contributed by atoms with van der Waals surface area (Å²) in [4.78, 5) is 9.55. The number of aryl methyl sites for hydroxylation is 1. The Labute approximate surface area is 189 Å². The van der Waals surface area contributed by atoms with Crippen molar-refractivity contribution >= 4 is 44.0 Å². The van der Waals surface area contributed by atoms with Crippen LogP contribution >= 0.6 is 0 Å². The molecule has 7 rings (SSSR count). The molecular formula is C29H19N3O. The van der Waals surface area contributed by atoms with Crippen molar-refractivity contribution in [3.8, 4) is 16.8 Å². The summed E-state index contributed by atoms with van der Waals surface area (Å²) in [6, 6.07) is 33.4. The fourth-order valence-electron chi connectivity index (χ4n) is 4.93. The summed E-state index contributed by atoms with van der Waals surface area (Å²) in [6.45, 7) is 2.05. The van der Waals surface area contributed by atoms with Crippen LogP contribution in [0.5, 0.6) is 0 Å². The third-order valence-electron chi connectivity index (χ3n) is 6.36. The Kier molecular flexibility index (Phi) is 3.73. The lowest BCUT2D eigenvalue weighted by atomic mass is 9.96. The van der Waals surface area contributed by atoms with Crippen LogP contribution in [0.4, 0.5) is 0 Å².